The molecule has 0 unspecified atom stereocenters. The van der Waals surface area contributed by atoms with E-state index in [1.807, 2.05) is 12.3 Å². The number of ketones is 1. The maximum absolute atomic E-state index is 11.9. The summed E-state index contributed by atoms with van der Waals surface area (Å²) in [6.07, 6.45) is 2.99. The first kappa shape index (κ1) is 12.8. The van der Waals surface area contributed by atoms with Gasteiger partial charge in [-0.25, -0.2) is 4.98 Å². The summed E-state index contributed by atoms with van der Waals surface area (Å²) >= 11 is 7.30. The van der Waals surface area contributed by atoms with Gasteiger partial charge in [0.05, 0.1) is 16.3 Å². The smallest absolute Gasteiger partial charge is 0.189 e. The highest BCUT2D eigenvalue weighted by molar-refractivity contribution is 7.09. The molecule has 0 fully saturated rings. The quantitative estimate of drug-likeness (QED) is 0.688. The lowest BCUT2D eigenvalue weighted by atomic mass is 10.1. The summed E-state index contributed by atoms with van der Waals surface area (Å²) in [5, 5.41) is 12.8. The van der Waals surface area contributed by atoms with E-state index < -0.39 is 0 Å². The Kier molecular flexibility index (Phi) is 3.79. The summed E-state index contributed by atoms with van der Waals surface area (Å²) in [7, 11) is 0. The molecule has 2 aromatic rings. The van der Waals surface area contributed by atoms with Gasteiger partial charge in [-0.05, 0) is 37.3 Å². The predicted octanol–water partition coefficient (Wildman–Crippen LogP) is 3.71. The highest BCUT2D eigenvalue weighted by Gasteiger charge is 2.08. The summed E-state index contributed by atoms with van der Waals surface area (Å²) in [5.74, 6) is -0.385. The number of phenols is 1. The molecule has 0 saturated carbocycles. The van der Waals surface area contributed by atoms with Gasteiger partial charge in [0, 0.05) is 10.4 Å². The Morgan fingerprint density at radius 1 is 1.50 bits per heavy atom. The third-order valence-electron chi connectivity index (χ3n) is 2.27. The number of hydrogen-bond donors (Lipinski definition) is 1. The molecule has 0 aliphatic rings. The van der Waals surface area contributed by atoms with Crippen molar-refractivity contribution < 1.29 is 9.90 Å². The first-order valence-corrected chi connectivity index (χ1v) is 6.45. The molecule has 5 heteroatoms. The van der Waals surface area contributed by atoms with Gasteiger partial charge in [-0.15, -0.1) is 11.3 Å². The molecule has 18 heavy (non-hydrogen) atoms. The van der Waals surface area contributed by atoms with Gasteiger partial charge in [-0.3, -0.25) is 4.79 Å². The minimum Gasteiger partial charge on any atom is -0.507 e. The number of thiazole rings is 1. The second-order valence-corrected chi connectivity index (χ2v) is 5.15. The van der Waals surface area contributed by atoms with Gasteiger partial charge in [0.25, 0.3) is 0 Å². The SMILES string of the molecule is Cc1nc(/C=C/C(=O)c2cc(Cl)ccc2O)cs1. The van der Waals surface area contributed by atoms with Gasteiger partial charge in [0.1, 0.15) is 5.75 Å². The van der Waals surface area contributed by atoms with Crippen LogP contribution in [0.2, 0.25) is 5.02 Å². The number of aromatic hydroxyl groups is 1. The Hall–Kier alpha value is -1.65. The van der Waals surface area contributed by atoms with Crippen LogP contribution < -0.4 is 0 Å². The summed E-state index contributed by atoms with van der Waals surface area (Å²) in [6, 6.07) is 4.37. The molecule has 0 aliphatic heterocycles. The molecule has 1 aromatic heterocycles. The summed E-state index contributed by atoms with van der Waals surface area (Å²) < 4.78 is 0. The average molecular weight is 280 g/mol. The van der Waals surface area contributed by atoms with Crippen LogP contribution in [-0.2, 0) is 0 Å². The van der Waals surface area contributed by atoms with Crippen LogP contribution in [0, 0.1) is 6.92 Å². The van der Waals surface area contributed by atoms with E-state index in [4.69, 9.17) is 11.6 Å². The fourth-order valence-electron chi connectivity index (χ4n) is 1.41. The Balaban J connectivity index is 2.22. The Morgan fingerprint density at radius 3 is 2.94 bits per heavy atom. The highest BCUT2D eigenvalue weighted by Crippen LogP contribution is 2.22. The molecule has 2 rings (SSSR count). The number of nitrogens with zero attached hydrogens (tertiary/aromatic N) is 1. The van der Waals surface area contributed by atoms with Crippen molar-refractivity contribution in [2.75, 3.05) is 0 Å². The molecule has 1 aromatic carbocycles. The third-order valence-corrected chi connectivity index (χ3v) is 3.29. The average Bonchev–Trinajstić information content (AvgIpc) is 2.75. The maximum Gasteiger partial charge on any atom is 0.189 e. The number of rotatable bonds is 3. The Morgan fingerprint density at radius 2 is 2.28 bits per heavy atom. The molecule has 0 spiro atoms. The molecule has 0 saturated heterocycles. The van der Waals surface area contributed by atoms with Gasteiger partial charge in [-0.2, -0.15) is 0 Å². The number of benzene rings is 1. The van der Waals surface area contributed by atoms with E-state index in [0.29, 0.717) is 5.02 Å². The van der Waals surface area contributed by atoms with Crippen molar-refractivity contribution in [2.45, 2.75) is 6.92 Å². The summed E-state index contributed by atoms with van der Waals surface area (Å²) in [6.45, 7) is 1.90. The van der Waals surface area contributed by atoms with Crippen LogP contribution in [0.5, 0.6) is 5.75 Å². The first-order valence-electron chi connectivity index (χ1n) is 5.19. The topological polar surface area (TPSA) is 50.2 Å². The standard InChI is InChI=1S/C13H10ClNO2S/c1-8-15-10(7-18-8)3-5-13(17)11-6-9(14)2-4-12(11)16/h2-7,16H,1H3/b5-3+. The van der Waals surface area contributed by atoms with Crippen molar-refractivity contribution in [3.63, 3.8) is 0 Å². The number of halogens is 1. The minimum absolute atomic E-state index is 0.0801. The number of hydrogen-bond acceptors (Lipinski definition) is 4. The number of carbonyl (C=O) groups is 1. The van der Waals surface area contributed by atoms with E-state index in [-0.39, 0.29) is 17.1 Å². The minimum atomic E-state index is -0.305. The first-order chi connectivity index (χ1) is 8.56. The molecule has 1 N–H and O–H groups in total. The van der Waals surface area contributed by atoms with Gasteiger partial charge in [-0.1, -0.05) is 11.6 Å². The van der Waals surface area contributed by atoms with Crippen molar-refractivity contribution in [3.8, 4) is 5.75 Å². The van der Waals surface area contributed by atoms with Crippen molar-refractivity contribution in [1.29, 1.82) is 0 Å². The van der Waals surface area contributed by atoms with Crippen LogP contribution in [0.1, 0.15) is 21.1 Å². The highest BCUT2D eigenvalue weighted by atomic mass is 35.5. The van der Waals surface area contributed by atoms with Crippen molar-refractivity contribution in [1.82, 2.24) is 4.98 Å². The number of carbonyl (C=O) groups excluding carboxylic acids is 1. The Labute approximate surface area is 113 Å². The van der Waals surface area contributed by atoms with Gasteiger partial charge in [0.15, 0.2) is 5.78 Å². The van der Waals surface area contributed by atoms with Crippen LogP contribution >= 0.6 is 22.9 Å². The normalized spacial score (nSPS) is 11.0. The van der Waals surface area contributed by atoms with Crippen molar-refractivity contribution in [2.24, 2.45) is 0 Å². The van der Waals surface area contributed by atoms with Gasteiger partial charge in [0.2, 0.25) is 0 Å². The summed E-state index contributed by atoms with van der Waals surface area (Å²) in [4.78, 5) is 16.1. The van der Waals surface area contributed by atoms with E-state index >= 15 is 0 Å². The molecule has 0 amide bonds. The lowest BCUT2D eigenvalue weighted by molar-refractivity contribution is 0.104. The van der Waals surface area contributed by atoms with Crippen molar-refractivity contribution in [3.05, 3.63) is 50.9 Å². The molecule has 92 valence electrons. The van der Waals surface area contributed by atoms with Crippen LogP contribution in [0.3, 0.4) is 0 Å². The van der Waals surface area contributed by atoms with E-state index in [1.165, 1.54) is 35.6 Å². The molecule has 3 nitrogen and oxygen atoms in total. The molecule has 0 radical (unpaired) electrons. The third kappa shape index (κ3) is 2.97. The molecule has 0 aliphatic carbocycles. The lowest BCUT2D eigenvalue weighted by Gasteiger charge is -2.00. The number of aromatic nitrogens is 1. The molecular formula is C13H10ClNO2S. The van der Waals surface area contributed by atoms with Crippen LogP contribution in [0.4, 0.5) is 0 Å². The number of aryl methyl sites for hydroxylation is 1. The largest absolute Gasteiger partial charge is 0.507 e. The second-order valence-electron chi connectivity index (χ2n) is 3.65. The van der Waals surface area contributed by atoms with E-state index in [9.17, 15) is 9.90 Å². The zero-order valence-corrected chi connectivity index (χ0v) is 11.1. The lowest BCUT2D eigenvalue weighted by Crippen LogP contribution is -1.94. The second kappa shape index (κ2) is 5.33. The maximum atomic E-state index is 11.9. The van der Waals surface area contributed by atoms with Gasteiger partial charge < -0.3 is 5.11 Å². The molecule has 0 bridgehead atoms. The van der Waals surface area contributed by atoms with Crippen LogP contribution in [0.15, 0.2) is 29.7 Å². The predicted molar refractivity (Wildman–Crippen MR) is 73.3 cm³/mol. The van der Waals surface area contributed by atoms with E-state index in [0.717, 1.165) is 10.7 Å². The van der Waals surface area contributed by atoms with Gasteiger partial charge >= 0.3 is 0 Å². The molecular weight excluding hydrogens is 270 g/mol. The van der Waals surface area contributed by atoms with E-state index in [2.05, 4.69) is 4.98 Å². The zero-order valence-electron chi connectivity index (χ0n) is 9.55. The van der Waals surface area contributed by atoms with Crippen LogP contribution in [0.25, 0.3) is 6.08 Å². The van der Waals surface area contributed by atoms with E-state index in [1.54, 1.807) is 6.08 Å². The van der Waals surface area contributed by atoms with Crippen LogP contribution in [-0.4, -0.2) is 15.9 Å². The molecule has 1 heterocycles. The molecule has 0 atom stereocenters. The summed E-state index contributed by atoms with van der Waals surface area (Å²) in [5.41, 5.74) is 0.915. The zero-order chi connectivity index (χ0) is 13.1. The van der Waals surface area contributed by atoms with Crippen molar-refractivity contribution >= 4 is 34.8 Å². The fourth-order valence-corrected chi connectivity index (χ4v) is 2.17. The monoisotopic (exact) mass is 279 g/mol. The Bertz CT molecular complexity index is 619. The number of phenolic OH excluding ortho intramolecular Hbond substituents is 1. The fraction of sp³-hybridized carbons (Fsp3) is 0.0769. The number of allylic oxidation sites excluding steroid dienone is 1.